The Labute approximate surface area is 129 Å². The number of hydrogen-bond donors (Lipinski definition) is 0. The standard InChI is InChI=1S/C16H18ClNO3/c1-9-7-10(2)14(11(3)8-9)21-15-12(16(19)20-4)5-6-13(17)18-15/h5-7,9H,8H2,1-4H3. The first-order valence-electron chi connectivity index (χ1n) is 6.73. The minimum absolute atomic E-state index is 0.172. The molecule has 0 radical (unpaired) electrons. The summed E-state index contributed by atoms with van der Waals surface area (Å²) in [6.07, 6.45) is 3.06. The minimum atomic E-state index is -0.502. The maximum Gasteiger partial charge on any atom is 0.343 e. The van der Waals surface area contributed by atoms with Gasteiger partial charge in [0.2, 0.25) is 5.88 Å². The van der Waals surface area contributed by atoms with Crippen molar-refractivity contribution in [1.82, 2.24) is 4.98 Å². The number of aromatic nitrogens is 1. The number of allylic oxidation sites excluding steroid dienone is 3. The summed E-state index contributed by atoms with van der Waals surface area (Å²) >= 11 is 5.90. The molecule has 21 heavy (non-hydrogen) atoms. The third-order valence-corrected chi connectivity index (χ3v) is 3.55. The average Bonchev–Trinajstić information content (AvgIpc) is 2.42. The Kier molecular flexibility index (Phi) is 4.68. The number of nitrogens with zero attached hydrogens (tertiary/aromatic N) is 1. The molecule has 0 amide bonds. The molecule has 1 heterocycles. The molecule has 0 bridgehead atoms. The van der Waals surface area contributed by atoms with Gasteiger partial charge in [0, 0.05) is 0 Å². The van der Waals surface area contributed by atoms with Crippen LogP contribution in [0.15, 0.2) is 35.1 Å². The third kappa shape index (κ3) is 3.45. The molecule has 0 spiro atoms. The van der Waals surface area contributed by atoms with E-state index in [1.54, 1.807) is 6.07 Å². The van der Waals surface area contributed by atoms with Crippen molar-refractivity contribution in [2.75, 3.05) is 7.11 Å². The fourth-order valence-electron chi connectivity index (χ4n) is 2.50. The van der Waals surface area contributed by atoms with E-state index in [-0.39, 0.29) is 16.6 Å². The van der Waals surface area contributed by atoms with Gasteiger partial charge in [-0.2, -0.15) is 0 Å². The molecule has 0 aromatic carbocycles. The Balaban J connectivity index is 2.40. The predicted octanol–water partition coefficient (Wildman–Crippen LogP) is 4.16. The molecular formula is C16H18ClNO3. The van der Waals surface area contributed by atoms with Gasteiger partial charge < -0.3 is 9.47 Å². The Hall–Kier alpha value is -1.81. The van der Waals surface area contributed by atoms with Crippen molar-refractivity contribution in [2.45, 2.75) is 27.2 Å². The first kappa shape index (κ1) is 15.6. The van der Waals surface area contributed by atoms with Gasteiger partial charge >= 0.3 is 5.97 Å². The summed E-state index contributed by atoms with van der Waals surface area (Å²) in [7, 11) is 1.32. The minimum Gasteiger partial charge on any atom is -0.465 e. The van der Waals surface area contributed by atoms with Crippen molar-refractivity contribution in [3.8, 4) is 5.88 Å². The maximum atomic E-state index is 11.8. The van der Waals surface area contributed by atoms with Gasteiger partial charge in [-0.3, -0.25) is 0 Å². The number of rotatable bonds is 3. The lowest BCUT2D eigenvalue weighted by molar-refractivity contribution is 0.0596. The van der Waals surface area contributed by atoms with E-state index in [0.717, 1.165) is 23.3 Å². The largest absolute Gasteiger partial charge is 0.465 e. The first-order chi connectivity index (χ1) is 9.92. The van der Waals surface area contributed by atoms with Gasteiger partial charge in [-0.1, -0.05) is 24.6 Å². The van der Waals surface area contributed by atoms with E-state index in [4.69, 9.17) is 21.1 Å². The molecule has 0 N–H and O–H groups in total. The van der Waals surface area contributed by atoms with Crippen molar-refractivity contribution >= 4 is 17.6 Å². The number of carbonyl (C=O) groups is 1. The molecule has 112 valence electrons. The topological polar surface area (TPSA) is 48.4 Å². The molecule has 1 aromatic rings. The number of esters is 1. The molecule has 0 fully saturated rings. The van der Waals surface area contributed by atoms with Gasteiger partial charge in [0.25, 0.3) is 0 Å². The van der Waals surface area contributed by atoms with Gasteiger partial charge in [-0.15, -0.1) is 0 Å². The molecule has 0 saturated carbocycles. The maximum absolute atomic E-state index is 11.8. The highest BCUT2D eigenvalue weighted by Crippen LogP contribution is 2.31. The molecule has 2 rings (SSSR count). The Morgan fingerprint density at radius 2 is 2.10 bits per heavy atom. The number of methoxy groups -OCH3 is 1. The van der Waals surface area contributed by atoms with E-state index >= 15 is 0 Å². The quantitative estimate of drug-likeness (QED) is 0.621. The van der Waals surface area contributed by atoms with Crippen LogP contribution in [0.4, 0.5) is 0 Å². The van der Waals surface area contributed by atoms with Crippen LogP contribution in [0.1, 0.15) is 37.6 Å². The summed E-state index contributed by atoms with van der Waals surface area (Å²) < 4.78 is 10.6. The van der Waals surface area contributed by atoms with Gasteiger partial charge in [-0.25, -0.2) is 9.78 Å². The van der Waals surface area contributed by atoms with Crippen molar-refractivity contribution in [2.24, 2.45) is 5.92 Å². The number of ether oxygens (including phenoxy) is 2. The van der Waals surface area contributed by atoms with Crippen molar-refractivity contribution in [3.05, 3.63) is 45.8 Å². The van der Waals surface area contributed by atoms with Crippen LogP contribution in [0.3, 0.4) is 0 Å². The van der Waals surface area contributed by atoms with E-state index in [2.05, 4.69) is 18.0 Å². The van der Waals surface area contributed by atoms with E-state index in [1.165, 1.54) is 13.2 Å². The zero-order valence-corrected chi connectivity index (χ0v) is 13.3. The highest BCUT2D eigenvalue weighted by molar-refractivity contribution is 6.29. The van der Waals surface area contributed by atoms with Gasteiger partial charge in [0.1, 0.15) is 16.5 Å². The second-order valence-corrected chi connectivity index (χ2v) is 5.61. The van der Waals surface area contributed by atoms with E-state index in [9.17, 15) is 4.79 Å². The SMILES string of the molecule is COC(=O)c1ccc(Cl)nc1OC1=C(C)CC(C)C=C1C. The Morgan fingerprint density at radius 3 is 2.71 bits per heavy atom. The second kappa shape index (κ2) is 6.31. The van der Waals surface area contributed by atoms with Crippen LogP contribution in [0.5, 0.6) is 5.88 Å². The fourth-order valence-corrected chi connectivity index (χ4v) is 2.64. The van der Waals surface area contributed by atoms with Crippen LogP contribution in [0.25, 0.3) is 0 Å². The number of halogens is 1. The van der Waals surface area contributed by atoms with Crippen molar-refractivity contribution in [1.29, 1.82) is 0 Å². The van der Waals surface area contributed by atoms with Gasteiger partial charge in [-0.05, 0) is 49.5 Å². The molecular weight excluding hydrogens is 290 g/mol. The summed E-state index contributed by atoms with van der Waals surface area (Å²) in [4.78, 5) is 15.9. The molecule has 0 saturated heterocycles. The molecule has 1 aliphatic rings. The molecule has 4 nitrogen and oxygen atoms in total. The van der Waals surface area contributed by atoms with Crippen LogP contribution >= 0.6 is 11.6 Å². The highest BCUT2D eigenvalue weighted by Gasteiger charge is 2.21. The second-order valence-electron chi connectivity index (χ2n) is 5.22. The Morgan fingerprint density at radius 1 is 1.38 bits per heavy atom. The first-order valence-corrected chi connectivity index (χ1v) is 7.11. The van der Waals surface area contributed by atoms with Crippen LogP contribution in [0.2, 0.25) is 5.15 Å². The highest BCUT2D eigenvalue weighted by atomic mass is 35.5. The zero-order chi connectivity index (χ0) is 15.6. The molecule has 1 unspecified atom stereocenters. The monoisotopic (exact) mass is 307 g/mol. The molecule has 1 aliphatic carbocycles. The lowest BCUT2D eigenvalue weighted by Gasteiger charge is -2.22. The van der Waals surface area contributed by atoms with Gasteiger partial charge in [0.15, 0.2) is 0 Å². The number of pyridine rings is 1. The van der Waals surface area contributed by atoms with Crippen LogP contribution in [-0.4, -0.2) is 18.1 Å². The summed E-state index contributed by atoms with van der Waals surface area (Å²) in [6, 6.07) is 3.09. The van der Waals surface area contributed by atoms with Crippen LogP contribution < -0.4 is 4.74 Å². The average molecular weight is 308 g/mol. The van der Waals surface area contributed by atoms with E-state index < -0.39 is 5.97 Å². The smallest absolute Gasteiger partial charge is 0.343 e. The Bertz CT molecular complexity index is 634. The number of hydrogen-bond acceptors (Lipinski definition) is 4. The molecule has 1 atom stereocenters. The lowest BCUT2D eigenvalue weighted by Crippen LogP contribution is -2.12. The third-order valence-electron chi connectivity index (χ3n) is 3.34. The summed E-state index contributed by atoms with van der Waals surface area (Å²) in [5, 5.41) is 0.265. The van der Waals surface area contributed by atoms with Crippen molar-refractivity contribution in [3.63, 3.8) is 0 Å². The van der Waals surface area contributed by atoms with Crippen LogP contribution in [-0.2, 0) is 4.74 Å². The molecule has 0 aliphatic heterocycles. The normalized spacial score (nSPS) is 18.3. The predicted molar refractivity (Wildman–Crippen MR) is 81.5 cm³/mol. The summed E-state index contributed by atoms with van der Waals surface area (Å²) in [5.41, 5.74) is 2.41. The molecule has 5 heteroatoms. The molecule has 1 aromatic heterocycles. The van der Waals surface area contributed by atoms with E-state index in [1.807, 2.05) is 13.8 Å². The number of carbonyl (C=O) groups excluding carboxylic acids is 1. The lowest BCUT2D eigenvalue weighted by atomic mass is 9.91. The van der Waals surface area contributed by atoms with Crippen LogP contribution in [0, 0.1) is 5.92 Å². The van der Waals surface area contributed by atoms with E-state index in [0.29, 0.717) is 5.92 Å². The van der Waals surface area contributed by atoms with Gasteiger partial charge in [0.05, 0.1) is 7.11 Å². The summed E-state index contributed by atoms with van der Waals surface area (Å²) in [6.45, 7) is 6.16. The summed E-state index contributed by atoms with van der Waals surface area (Å²) in [5.74, 6) is 0.891. The zero-order valence-electron chi connectivity index (χ0n) is 12.6. The fraction of sp³-hybridized carbons (Fsp3) is 0.375. The van der Waals surface area contributed by atoms with Crippen molar-refractivity contribution < 1.29 is 14.3 Å².